The molecule has 20 heavy (non-hydrogen) atoms. The molecule has 0 spiro atoms. The van der Waals surface area contributed by atoms with Gasteiger partial charge in [0, 0.05) is 24.7 Å². The number of hydrogen-bond donors (Lipinski definition) is 1. The van der Waals surface area contributed by atoms with Gasteiger partial charge >= 0.3 is 0 Å². The number of rotatable bonds is 6. The number of nitrogens with zero attached hydrogens (tertiary/aromatic N) is 2. The molecule has 2 heterocycles. The maximum Gasteiger partial charge on any atom is 0.213 e. The highest BCUT2D eigenvalue weighted by molar-refractivity contribution is 5.15. The predicted octanol–water partition coefficient (Wildman–Crippen LogP) is 2.44. The molecule has 1 N–H and O–H groups in total. The highest BCUT2D eigenvalue weighted by atomic mass is 16.5. The van der Waals surface area contributed by atoms with Gasteiger partial charge in [-0.3, -0.25) is 4.90 Å². The fourth-order valence-corrected chi connectivity index (χ4v) is 2.28. The monoisotopic (exact) mass is 277 g/mol. The number of hydrogen-bond acceptors (Lipinski definition) is 4. The van der Waals surface area contributed by atoms with E-state index in [1.165, 1.54) is 25.9 Å². The normalized spacial score (nSPS) is 16.6. The Morgan fingerprint density at radius 2 is 2.00 bits per heavy atom. The third kappa shape index (κ3) is 5.47. The zero-order chi connectivity index (χ0) is 14.4. The van der Waals surface area contributed by atoms with Crippen molar-refractivity contribution in [2.24, 2.45) is 0 Å². The SMILES string of the molecule is CC(C)(C)NCc1cccc(OCCN2CCCC2)n1. The number of nitrogens with one attached hydrogen (secondary N) is 1. The summed E-state index contributed by atoms with van der Waals surface area (Å²) in [5.74, 6) is 0.734. The van der Waals surface area contributed by atoms with Crippen molar-refractivity contribution < 1.29 is 4.74 Å². The van der Waals surface area contributed by atoms with E-state index in [1.807, 2.05) is 18.2 Å². The summed E-state index contributed by atoms with van der Waals surface area (Å²) >= 11 is 0. The molecule has 1 saturated heterocycles. The molecule has 0 atom stereocenters. The molecule has 0 aliphatic carbocycles. The lowest BCUT2D eigenvalue weighted by Crippen LogP contribution is -2.35. The number of ether oxygens (including phenoxy) is 1. The molecule has 4 nitrogen and oxygen atoms in total. The van der Waals surface area contributed by atoms with Crippen LogP contribution in [0.1, 0.15) is 39.3 Å². The van der Waals surface area contributed by atoms with E-state index in [-0.39, 0.29) is 5.54 Å². The molecule has 2 rings (SSSR count). The lowest BCUT2D eigenvalue weighted by molar-refractivity contribution is 0.231. The van der Waals surface area contributed by atoms with Crippen LogP contribution in [0.25, 0.3) is 0 Å². The first-order valence-corrected chi connectivity index (χ1v) is 7.59. The highest BCUT2D eigenvalue weighted by Crippen LogP contribution is 2.10. The minimum absolute atomic E-state index is 0.105. The van der Waals surface area contributed by atoms with Crippen molar-refractivity contribution >= 4 is 0 Å². The van der Waals surface area contributed by atoms with Crippen LogP contribution in [0.4, 0.5) is 0 Å². The third-order valence-corrected chi connectivity index (χ3v) is 3.44. The maximum absolute atomic E-state index is 5.76. The summed E-state index contributed by atoms with van der Waals surface area (Å²) in [5, 5.41) is 3.44. The molecule has 0 radical (unpaired) electrons. The highest BCUT2D eigenvalue weighted by Gasteiger charge is 2.11. The second-order valence-electron chi connectivity index (χ2n) is 6.47. The van der Waals surface area contributed by atoms with E-state index in [0.717, 1.165) is 31.3 Å². The molecular formula is C16H27N3O. The maximum atomic E-state index is 5.76. The molecule has 1 aliphatic heterocycles. The van der Waals surface area contributed by atoms with Gasteiger partial charge < -0.3 is 10.1 Å². The summed E-state index contributed by atoms with van der Waals surface area (Å²) in [7, 11) is 0. The van der Waals surface area contributed by atoms with Crippen LogP contribution in [0.2, 0.25) is 0 Å². The molecule has 0 unspecified atom stereocenters. The lowest BCUT2D eigenvalue weighted by Gasteiger charge is -2.20. The average molecular weight is 277 g/mol. The quantitative estimate of drug-likeness (QED) is 0.866. The van der Waals surface area contributed by atoms with Gasteiger partial charge in [-0.05, 0) is 52.8 Å². The Hall–Kier alpha value is -1.13. The van der Waals surface area contributed by atoms with Crippen molar-refractivity contribution in [2.45, 2.75) is 45.7 Å². The van der Waals surface area contributed by atoms with Gasteiger partial charge in [0.1, 0.15) is 6.61 Å². The van der Waals surface area contributed by atoms with Gasteiger partial charge in [0.25, 0.3) is 0 Å². The van der Waals surface area contributed by atoms with Crippen molar-refractivity contribution in [2.75, 3.05) is 26.2 Å². The smallest absolute Gasteiger partial charge is 0.213 e. The van der Waals surface area contributed by atoms with E-state index in [1.54, 1.807) is 0 Å². The Morgan fingerprint density at radius 3 is 2.70 bits per heavy atom. The first kappa shape index (κ1) is 15.3. The average Bonchev–Trinajstić information content (AvgIpc) is 2.89. The van der Waals surface area contributed by atoms with Gasteiger partial charge in [-0.25, -0.2) is 4.98 Å². The van der Waals surface area contributed by atoms with Gasteiger partial charge in [-0.1, -0.05) is 6.07 Å². The van der Waals surface area contributed by atoms with Crippen LogP contribution in [0, 0.1) is 0 Å². The molecule has 1 fully saturated rings. The Bertz CT molecular complexity index is 408. The van der Waals surface area contributed by atoms with E-state index in [4.69, 9.17) is 4.74 Å². The molecule has 1 aliphatic rings. The van der Waals surface area contributed by atoms with Crippen molar-refractivity contribution in [3.63, 3.8) is 0 Å². The zero-order valence-electron chi connectivity index (χ0n) is 13.0. The molecule has 112 valence electrons. The van der Waals surface area contributed by atoms with Crippen molar-refractivity contribution in [3.8, 4) is 5.88 Å². The van der Waals surface area contributed by atoms with E-state index >= 15 is 0 Å². The van der Waals surface area contributed by atoms with Crippen LogP contribution in [0.3, 0.4) is 0 Å². The van der Waals surface area contributed by atoms with Crippen LogP contribution >= 0.6 is 0 Å². The lowest BCUT2D eigenvalue weighted by atomic mass is 10.1. The fraction of sp³-hybridized carbons (Fsp3) is 0.688. The van der Waals surface area contributed by atoms with Gasteiger partial charge in [-0.2, -0.15) is 0 Å². The van der Waals surface area contributed by atoms with Gasteiger partial charge in [0.2, 0.25) is 5.88 Å². The van der Waals surface area contributed by atoms with Crippen LogP contribution < -0.4 is 10.1 Å². The Balaban J connectivity index is 1.76. The summed E-state index contributed by atoms with van der Waals surface area (Å²) in [6.45, 7) is 11.4. The van der Waals surface area contributed by atoms with Crippen LogP contribution in [0.15, 0.2) is 18.2 Å². The summed E-state index contributed by atoms with van der Waals surface area (Å²) < 4.78 is 5.76. The second-order valence-corrected chi connectivity index (χ2v) is 6.47. The molecule has 0 saturated carbocycles. The summed E-state index contributed by atoms with van der Waals surface area (Å²) in [6.07, 6.45) is 2.65. The largest absolute Gasteiger partial charge is 0.476 e. The van der Waals surface area contributed by atoms with E-state index in [9.17, 15) is 0 Å². The summed E-state index contributed by atoms with van der Waals surface area (Å²) in [5.41, 5.74) is 1.13. The number of aromatic nitrogens is 1. The minimum Gasteiger partial charge on any atom is -0.476 e. The van der Waals surface area contributed by atoms with Crippen LogP contribution in [-0.2, 0) is 6.54 Å². The van der Waals surface area contributed by atoms with E-state index in [2.05, 4.69) is 36.0 Å². The molecular weight excluding hydrogens is 250 g/mol. The summed E-state index contributed by atoms with van der Waals surface area (Å²) in [6, 6.07) is 5.98. The minimum atomic E-state index is 0.105. The molecule has 4 heteroatoms. The Morgan fingerprint density at radius 1 is 1.25 bits per heavy atom. The first-order chi connectivity index (χ1) is 9.53. The second kappa shape index (κ2) is 7.04. The van der Waals surface area contributed by atoms with E-state index in [0.29, 0.717) is 0 Å². The van der Waals surface area contributed by atoms with Crippen LogP contribution in [-0.4, -0.2) is 41.7 Å². The van der Waals surface area contributed by atoms with Crippen LogP contribution in [0.5, 0.6) is 5.88 Å². The van der Waals surface area contributed by atoms with Gasteiger partial charge in [0.15, 0.2) is 0 Å². The summed E-state index contributed by atoms with van der Waals surface area (Å²) in [4.78, 5) is 6.99. The Kier molecular flexibility index (Phi) is 5.38. The van der Waals surface area contributed by atoms with Gasteiger partial charge in [-0.15, -0.1) is 0 Å². The van der Waals surface area contributed by atoms with Gasteiger partial charge in [0.05, 0.1) is 5.69 Å². The van der Waals surface area contributed by atoms with Crippen molar-refractivity contribution in [1.29, 1.82) is 0 Å². The predicted molar refractivity (Wildman–Crippen MR) is 82.0 cm³/mol. The molecule has 0 aromatic carbocycles. The molecule has 1 aromatic rings. The fourth-order valence-electron chi connectivity index (χ4n) is 2.28. The molecule has 1 aromatic heterocycles. The molecule has 0 bridgehead atoms. The standard InChI is InChI=1S/C16H27N3O/c1-16(2,3)17-13-14-7-6-8-15(18-14)20-12-11-19-9-4-5-10-19/h6-8,17H,4-5,9-13H2,1-3H3. The third-order valence-electron chi connectivity index (χ3n) is 3.44. The Labute approximate surface area is 122 Å². The molecule has 0 amide bonds. The number of pyridine rings is 1. The van der Waals surface area contributed by atoms with E-state index < -0.39 is 0 Å². The van der Waals surface area contributed by atoms with Crippen molar-refractivity contribution in [3.05, 3.63) is 23.9 Å². The van der Waals surface area contributed by atoms with Crippen molar-refractivity contribution in [1.82, 2.24) is 15.2 Å². The zero-order valence-corrected chi connectivity index (χ0v) is 13.0. The topological polar surface area (TPSA) is 37.4 Å². The number of likely N-dealkylation sites (tertiary alicyclic amines) is 1. The first-order valence-electron chi connectivity index (χ1n) is 7.59.